The topological polar surface area (TPSA) is 60.2 Å². The van der Waals surface area contributed by atoms with Crippen molar-refractivity contribution in [1.82, 2.24) is 0 Å². The normalized spacial score (nSPS) is 14.8. The quantitative estimate of drug-likeness (QED) is 0.542. The lowest BCUT2D eigenvalue weighted by molar-refractivity contribution is -0.115. The number of benzene rings is 2. The van der Waals surface area contributed by atoms with Gasteiger partial charge in [-0.25, -0.2) is 0 Å². The van der Waals surface area contributed by atoms with Crippen molar-refractivity contribution in [2.75, 3.05) is 5.75 Å². The Kier molecular flexibility index (Phi) is 5.52. The molecule has 0 radical (unpaired) electrons. The number of carbonyl (C=O) groups excluding carboxylic acids is 1. The molecular weight excluding hydrogens is 330 g/mol. The molecule has 0 fully saturated rings. The lowest BCUT2D eigenvalue weighted by atomic mass is 9.85. The number of aryl methyl sites for hydroxylation is 3. The fraction of sp³-hybridized carbons (Fsp3) is 0.381. The van der Waals surface area contributed by atoms with E-state index in [2.05, 4.69) is 32.9 Å². The molecule has 1 amide bonds. The van der Waals surface area contributed by atoms with Crippen molar-refractivity contribution in [2.45, 2.75) is 46.3 Å². The molecule has 0 saturated heterocycles. The molecule has 1 unspecified atom stereocenters. The third-order valence-corrected chi connectivity index (χ3v) is 7.24. The van der Waals surface area contributed by atoms with Gasteiger partial charge in [0, 0.05) is 42.2 Å². The largest absolute Gasteiger partial charge is 0.369 e. The SMILES string of the molecule is Cc1cc(C(C)(c2cccc(C)c2C)[S@](=O)CC(N)=O)cc(C)c1C.[HH].[HH].[HH].[HH].[HH].[HH].[HH].[HH].[HH].[HH].[HH].[HH].[HH].[HH].[HH].[HH].[HH].[HH].[HH].[HH].[HH].[HH]. The van der Waals surface area contributed by atoms with E-state index in [0.717, 1.165) is 33.4 Å². The fourth-order valence-electron chi connectivity index (χ4n) is 3.26. The van der Waals surface area contributed by atoms with Gasteiger partial charge in [0.15, 0.2) is 0 Å². The molecule has 0 aliphatic rings. The van der Waals surface area contributed by atoms with Crippen LogP contribution in [0.2, 0.25) is 0 Å². The standard InChI is InChI=1S/C21H27NO2S.22H2/c1-13-8-7-9-19(17(13)5)21(6,25(24)12-20(22)23)18-10-14(2)16(4)15(3)11-18;;;;;;;;;;;;;;;;;;;;;;/h7-11H,12H2,1-6H3,(H2,22,23);22*1H/t21?,25-;;;;;;;;;;;;;;;;;;;;;;/m1....................../s1. The highest BCUT2D eigenvalue weighted by Crippen LogP contribution is 2.39. The third kappa shape index (κ3) is 3.54. The Morgan fingerprint density at radius 2 is 1.60 bits per heavy atom. The average Bonchev–Trinajstić information content (AvgIpc) is 2.53. The van der Waals surface area contributed by atoms with Crippen LogP contribution in [0.25, 0.3) is 0 Å². The summed E-state index contributed by atoms with van der Waals surface area (Å²) in [6.07, 6.45) is 0. The second-order valence-electron chi connectivity index (χ2n) is 6.97. The Balaban J connectivity index is -0.0000000162. The molecule has 0 aliphatic heterocycles. The molecule has 2 N–H and O–H groups in total. The van der Waals surface area contributed by atoms with Crippen LogP contribution in [-0.2, 0) is 20.3 Å². The van der Waals surface area contributed by atoms with Crippen LogP contribution < -0.4 is 5.73 Å². The van der Waals surface area contributed by atoms with Gasteiger partial charge in [0.25, 0.3) is 0 Å². The van der Waals surface area contributed by atoms with E-state index in [0.29, 0.717) is 0 Å². The summed E-state index contributed by atoms with van der Waals surface area (Å²) in [4.78, 5) is 11.5. The summed E-state index contributed by atoms with van der Waals surface area (Å²) in [6, 6.07) is 10.2. The molecule has 25 heavy (non-hydrogen) atoms. The van der Waals surface area contributed by atoms with Crippen LogP contribution in [0.4, 0.5) is 0 Å². The molecule has 0 aliphatic carbocycles. The van der Waals surface area contributed by atoms with Gasteiger partial charge < -0.3 is 5.73 Å². The lowest BCUT2D eigenvalue weighted by Crippen LogP contribution is -2.36. The van der Waals surface area contributed by atoms with Crippen LogP contribution in [0.1, 0.15) is 77.3 Å². The summed E-state index contributed by atoms with van der Waals surface area (Å²) in [6.45, 7) is 12.3. The highest BCUT2D eigenvalue weighted by atomic mass is 32.2. The Labute approximate surface area is 185 Å². The highest BCUT2D eigenvalue weighted by molar-refractivity contribution is 7.87. The van der Waals surface area contributed by atoms with Crippen LogP contribution >= 0.6 is 0 Å². The summed E-state index contributed by atoms with van der Waals surface area (Å²) < 4.78 is 12.5. The molecule has 178 valence electrons. The van der Waals surface area contributed by atoms with Gasteiger partial charge in [-0.1, -0.05) is 30.3 Å². The Hall–Kier alpha value is -1.94. The molecule has 0 saturated carbocycles. The molecule has 0 heterocycles. The maximum atomic E-state index is 13.3. The average molecular weight is 402 g/mol. The maximum Gasteiger partial charge on any atom is 0.230 e. The van der Waals surface area contributed by atoms with E-state index in [1.807, 2.05) is 39.0 Å². The maximum absolute atomic E-state index is 13.3. The minimum absolute atomic E-state index is 0. The smallest absolute Gasteiger partial charge is 0.230 e. The second kappa shape index (κ2) is 7.12. The van der Waals surface area contributed by atoms with Gasteiger partial charge in [0.05, 0.1) is 4.75 Å². The van der Waals surface area contributed by atoms with Crippen molar-refractivity contribution < 1.29 is 40.4 Å². The molecule has 2 aromatic carbocycles. The van der Waals surface area contributed by atoms with Crippen molar-refractivity contribution in [3.05, 3.63) is 69.3 Å². The minimum Gasteiger partial charge on any atom is -0.369 e. The van der Waals surface area contributed by atoms with E-state index in [9.17, 15) is 9.00 Å². The summed E-state index contributed by atoms with van der Waals surface area (Å²) in [5.41, 5.74) is 13.1. The van der Waals surface area contributed by atoms with Gasteiger partial charge >= 0.3 is 0 Å². The summed E-state index contributed by atoms with van der Waals surface area (Å²) in [7, 11) is -1.47. The zero-order chi connectivity index (χ0) is 18.9. The first-order chi connectivity index (χ1) is 11.6. The predicted octanol–water partition coefficient (Wildman–Crippen LogP) is 9.14. The summed E-state index contributed by atoms with van der Waals surface area (Å²) in [5, 5.41) is 0. The number of carbonyl (C=O) groups is 1. The molecule has 4 heteroatoms. The van der Waals surface area contributed by atoms with Crippen LogP contribution in [-0.4, -0.2) is 15.9 Å². The Morgan fingerprint density at radius 1 is 1.04 bits per heavy atom. The zero-order valence-electron chi connectivity index (χ0n) is 15.9. The first kappa shape index (κ1) is 19.4. The number of hydrogen-bond acceptors (Lipinski definition) is 2. The molecule has 0 bridgehead atoms. The minimum atomic E-state index is -1.47. The molecule has 3 nitrogen and oxygen atoms in total. The number of rotatable bonds is 5. The van der Waals surface area contributed by atoms with E-state index in [4.69, 9.17) is 5.73 Å². The van der Waals surface area contributed by atoms with Crippen LogP contribution in [0, 0.1) is 34.6 Å². The van der Waals surface area contributed by atoms with Crippen molar-refractivity contribution in [3.8, 4) is 0 Å². The molecule has 0 spiro atoms. The van der Waals surface area contributed by atoms with Crippen molar-refractivity contribution in [1.29, 1.82) is 0 Å². The van der Waals surface area contributed by atoms with Crippen molar-refractivity contribution in [3.63, 3.8) is 0 Å². The molecule has 2 rings (SSSR count). The van der Waals surface area contributed by atoms with E-state index in [-0.39, 0.29) is 37.1 Å². The molecule has 0 aromatic heterocycles. The molecule has 2 aromatic rings. The van der Waals surface area contributed by atoms with Crippen molar-refractivity contribution >= 4 is 16.7 Å². The van der Waals surface area contributed by atoms with Gasteiger partial charge in [-0.05, 0) is 80.5 Å². The summed E-state index contributed by atoms with van der Waals surface area (Å²) >= 11 is 0. The summed E-state index contributed by atoms with van der Waals surface area (Å²) in [5.74, 6) is -0.703. The highest BCUT2D eigenvalue weighted by Gasteiger charge is 2.38. The Bertz CT molecular complexity index is 881. The number of amides is 1. The number of primary amides is 1. The lowest BCUT2D eigenvalue weighted by Gasteiger charge is -2.32. The van der Waals surface area contributed by atoms with Crippen molar-refractivity contribution in [2.24, 2.45) is 5.73 Å². The number of hydrogen-bond donors (Lipinski definition) is 1. The van der Waals surface area contributed by atoms with Gasteiger partial charge in [-0.15, -0.1) is 0 Å². The Morgan fingerprint density at radius 3 is 2.12 bits per heavy atom. The van der Waals surface area contributed by atoms with Gasteiger partial charge in [-0.2, -0.15) is 0 Å². The predicted molar refractivity (Wildman–Crippen MR) is 152 cm³/mol. The van der Waals surface area contributed by atoms with Crippen LogP contribution in [0.5, 0.6) is 0 Å². The fourth-order valence-corrected chi connectivity index (χ4v) is 4.66. The molecular formula is C21H71NO2S. The van der Waals surface area contributed by atoms with E-state index < -0.39 is 21.5 Å². The van der Waals surface area contributed by atoms with E-state index in [1.165, 1.54) is 5.56 Å². The van der Waals surface area contributed by atoms with Crippen LogP contribution in [0.15, 0.2) is 30.3 Å². The number of nitrogens with two attached hydrogens (primary N) is 1. The van der Waals surface area contributed by atoms with Gasteiger partial charge in [0.1, 0.15) is 5.75 Å². The van der Waals surface area contributed by atoms with Gasteiger partial charge in [0.2, 0.25) is 5.91 Å². The first-order valence-corrected chi connectivity index (χ1v) is 9.72. The van der Waals surface area contributed by atoms with E-state index in [1.54, 1.807) is 0 Å². The van der Waals surface area contributed by atoms with Crippen LogP contribution in [0.3, 0.4) is 0 Å². The molecule has 2 atom stereocenters. The third-order valence-electron chi connectivity index (χ3n) is 5.33. The van der Waals surface area contributed by atoms with E-state index >= 15 is 0 Å². The zero-order valence-corrected chi connectivity index (χ0v) is 16.7. The monoisotopic (exact) mass is 402 g/mol. The second-order valence-corrected chi connectivity index (χ2v) is 8.77. The van der Waals surface area contributed by atoms with Gasteiger partial charge in [-0.3, -0.25) is 9.00 Å². The first-order valence-electron chi connectivity index (χ1n) is 8.40.